The number of benzene rings is 2. The van der Waals surface area contributed by atoms with Gasteiger partial charge in [0.25, 0.3) is 0 Å². The average Bonchev–Trinajstić information content (AvgIpc) is 3.84. The Morgan fingerprint density at radius 1 is 0.979 bits per heavy atom. The maximum absolute atomic E-state index is 14.4. The molecule has 4 fully saturated rings. The van der Waals surface area contributed by atoms with E-state index >= 15 is 0 Å². The molecule has 3 saturated carbocycles. The summed E-state index contributed by atoms with van der Waals surface area (Å²) in [6.07, 6.45) is 14.5. The molecule has 2 aromatic carbocycles. The molecular weight excluding hydrogens is 604 g/mol. The average molecular weight is 653 g/mol. The Kier molecular flexibility index (Phi) is 9.57. The summed E-state index contributed by atoms with van der Waals surface area (Å²) in [5.41, 5.74) is 6.75. The number of amides is 2. The van der Waals surface area contributed by atoms with Crippen LogP contribution in [0.4, 0.5) is 10.5 Å². The first kappa shape index (κ1) is 32.4. The number of aliphatic hydroxyl groups excluding tert-OH is 1. The van der Waals surface area contributed by atoms with Gasteiger partial charge in [0.05, 0.1) is 44.8 Å². The topological polar surface area (TPSA) is 97.1 Å². The van der Waals surface area contributed by atoms with Crippen molar-refractivity contribution < 1.29 is 24.2 Å². The number of allylic oxidation sites excluding steroid dienone is 1. The minimum absolute atomic E-state index is 0.0803. The Bertz CT molecular complexity index is 1640. The van der Waals surface area contributed by atoms with Crippen LogP contribution < -0.4 is 9.64 Å². The fourth-order valence-corrected chi connectivity index (χ4v) is 7.68. The van der Waals surface area contributed by atoms with Gasteiger partial charge >= 0.3 is 6.09 Å². The van der Waals surface area contributed by atoms with E-state index in [1.54, 1.807) is 13.4 Å². The highest BCUT2D eigenvalue weighted by molar-refractivity contribution is 5.95. The van der Waals surface area contributed by atoms with Crippen LogP contribution in [0.5, 0.6) is 5.75 Å². The van der Waals surface area contributed by atoms with E-state index in [0.29, 0.717) is 31.0 Å². The lowest BCUT2D eigenvalue weighted by Gasteiger charge is -2.36. The maximum atomic E-state index is 14.4. The van der Waals surface area contributed by atoms with Gasteiger partial charge in [-0.2, -0.15) is 5.10 Å². The van der Waals surface area contributed by atoms with Crippen LogP contribution in [0.1, 0.15) is 87.3 Å². The first-order valence-corrected chi connectivity index (χ1v) is 17.8. The molecule has 0 bridgehead atoms. The van der Waals surface area contributed by atoms with E-state index < -0.39 is 12.2 Å². The normalized spacial score (nSPS) is 22.9. The number of methoxy groups -OCH3 is 1. The molecule has 0 atom stereocenters. The third kappa shape index (κ3) is 7.31. The molecule has 4 aliphatic rings. The van der Waals surface area contributed by atoms with Crippen molar-refractivity contribution in [2.24, 2.45) is 11.8 Å². The molecule has 2 amide bonds. The lowest BCUT2D eigenvalue weighted by Crippen LogP contribution is -2.53. The van der Waals surface area contributed by atoms with Crippen LogP contribution in [0.25, 0.3) is 11.1 Å². The van der Waals surface area contributed by atoms with E-state index in [0.717, 1.165) is 86.0 Å². The van der Waals surface area contributed by atoms with Crippen LogP contribution in [-0.4, -0.2) is 64.6 Å². The van der Waals surface area contributed by atoms with E-state index in [2.05, 4.69) is 70.3 Å². The number of hydrogen-bond acceptors (Lipinski definition) is 6. The second-order valence-corrected chi connectivity index (χ2v) is 14.4. The number of carbonyl (C=O) groups excluding carboxylic acids is 2. The maximum Gasteiger partial charge on any atom is 0.414 e. The molecule has 48 heavy (non-hydrogen) atoms. The highest BCUT2D eigenvalue weighted by Crippen LogP contribution is 2.40. The third-order valence-corrected chi connectivity index (χ3v) is 10.9. The van der Waals surface area contributed by atoms with Crippen LogP contribution in [0.15, 0.2) is 66.7 Å². The number of likely N-dealkylation sites (tertiary alicyclic amines) is 1. The van der Waals surface area contributed by atoms with Crippen LogP contribution in [0.3, 0.4) is 0 Å². The van der Waals surface area contributed by atoms with Crippen molar-refractivity contribution in [1.82, 2.24) is 14.7 Å². The largest absolute Gasteiger partial charge is 0.496 e. The van der Waals surface area contributed by atoms with E-state index in [9.17, 15) is 14.7 Å². The number of aromatic nitrogens is 2. The highest BCUT2D eigenvalue weighted by atomic mass is 16.5. The molecule has 7 rings (SSSR count). The zero-order valence-corrected chi connectivity index (χ0v) is 28.2. The minimum Gasteiger partial charge on any atom is -0.496 e. The zero-order valence-electron chi connectivity index (χ0n) is 28.2. The third-order valence-electron chi connectivity index (χ3n) is 10.9. The van der Waals surface area contributed by atoms with Crippen molar-refractivity contribution in [3.63, 3.8) is 0 Å². The molecule has 1 aliphatic heterocycles. The molecule has 0 spiro atoms. The second kappa shape index (κ2) is 14.2. The van der Waals surface area contributed by atoms with Gasteiger partial charge in [-0.3, -0.25) is 9.48 Å². The molecule has 1 aromatic heterocycles. The van der Waals surface area contributed by atoms with Crippen molar-refractivity contribution >= 4 is 17.7 Å². The van der Waals surface area contributed by atoms with Gasteiger partial charge in [0, 0.05) is 29.9 Å². The molecule has 3 aliphatic carbocycles. The fraction of sp³-hybridized carbons (Fsp3) is 0.513. The summed E-state index contributed by atoms with van der Waals surface area (Å²) >= 11 is 0. The molecule has 0 unspecified atom stereocenters. The van der Waals surface area contributed by atoms with Gasteiger partial charge in [0.1, 0.15) is 5.75 Å². The lowest BCUT2D eigenvalue weighted by molar-refractivity contribution is -0.123. The highest BCUT2D eigenvalue weighted by Gasteiger charge is 2.33. The van der Waals surface area contributed by atoms with Gasteiger partial charge < -0.3 is 24.4 Å². The summed E-state index contributed by atoms with van der Waals surface area (Å²) in [4.78, 5) is 30.2. The van der Waals surface area contributed by atoms with Gasteiger partial charge in [-0.25, -0.2) is 4.79 Å². The number of aliphatic hydroxyl groups is 1. The number of rotatable bonds is 9. The number of hydrogen-bond donors (Lipinski definition) is 1. The van der Waals surface area contributed by atoms with Crippen LogP contribution in [-0.2, 0) is 9.53 Å². The summed E-state index contributed by atoms with van der Waals surface area (Å²) in [6.45, 7) is 3.47. The van der Waals surface area contributed by atoms with Crippen molar-refractivity contribution in [3.8, 4) is 16.9 Å². The number of aryl methyl sites for hydroxylation is 1. The van der Waals surface area contributed by atoms with Crippen LogP contribution >= 0.6 is 0 Å². The van der Waals surface area contributed by atoms with Crippen LogP contribution in [0, 0.1) is 18.8 Å². The van der Waals surface area contributed by atoms with Crippen molar-refractivity contribution in [1.29, 1.82) is 0 Å². The summed E-state index contributed by atoms with van der Waals surface area (Å²) in [6, 6.07) is 15.5. The summed E-state index contributed by atoms with van der Waals surface area (Å²) in [7, 11) is 1.72. The van der Waals surface area contributed by atoms with Crippen molar-refractivity contribution in [3.05, 3.63) is 77.8 Å². The van der Waals surface area contributed by atoms with Crippen molar-refractivity contribution in [2.45, 2.75) is 89.2 Å². The summed E-state index contributed by atoms with van der Waals surface area (Å²) in [5, 5.41) is 14.1. The number of ether oxygens (including phenoxy) is 2. The smallest absolute Gasteiger partial charge is 0.414 e. The monoisotopic (exact) mass is 652 g/mol. The van der Waals surface area contributed by atoms with Crippen molar-refractivity contribution in [2.75, 3.05) is 31.6 Å². The van der Waals surface area contributed by atoms with E-state index in [1.807, 2.05) is 6.20 Å². The Hall–Kier alpha value is -4.11. The Morgan fingerprint density at radius 3 is 2.44 bits per heavy atom. The molecule has 3 aromatic rings. The molecule has 2 heterocycles. The Labute approximate surface area is 283 Å². The minimum atomic E-state index is -0.455. The van der Waals surface area contributed by atoms with E-state index in [4.69, 9.17) is 9.47 Å². The summed E-state index contributed by atoms with van der Waals surface area (Å²) in [5.74, 6) is 2.01. The zero-order chi connectivity index (χ0) is 33.2. The van der Waals surface area contributed by atoms with E-state index in [-0.39, 0.29) is 11.8 Å². The molecular formula is C39H48N4O5. The summed E-state index contributed by atoms with van der Waals surface area (Å²) < 4.78 is 12.9. The lowest BCUT2D eigenvalue weighted by atomic mass is 9.78. The standard InChI is InChI=1S/C39H48N4O5/c1-26-18-32(14-17-37(26)47-2)29-10-6-27(7-11-29)21-42(35-5-3-4-31(19-35)33-20-40-43(22-33)34-15-16-34)38(45)30-12-8-28(9-13-30)25-48-39(46)41-23-36(44)24-41/h3-5,14,17-20,22,25,27,29-30,34,36,44H,6-13,15-16,21,23-24H2,1-2H3. The quantitative estimate of drug-likeness (QED) is 0.242. The van der Waals surface area contributed by atoms with E-state index in [1.165, 1.54) is 28.9 Å². The van der Waals surface area contributed by atoms with Gasteiger partial charge in [0.15, 0.2) is 0 Å². The first-order chi connectivity index (χ1) is 23.3. The second-order valence-electron chi connectivity index (χ2n) is 14.4. The van der Waals surface area contributed by atoms with Gasteiger partial charge in [-0.05, 0) is 123 Å². The Balaban J connectivity index is 1.04. The fourth-order valence-electron chi connectivity index (χ4n) is 7.68. The molecule has 0 radical (unpaired) electrons. The molecule has 1 saturated heterocycles. The molecule has 1 N–H and O–H groups in total. The van der Waals surface area contributed by atoms with Gasteiger partial charge in [-0.1, -0.05) is 24.3 Å². The molecule has 254 valence electrons. The number of nitrogens with zero attached hydrogens (tertiary/aromatic N) is 4. The molecule has 9 heteroatoms. The number of anilines is 1. The van der Waals surface area contributed by atoms with Gasteiger partial charge in [-0.15, -0.1) is 0 Å². The predicted octanol–water partition coefficient (Wildman–Crippen LogP) is 7.40. The van der Waals surface area contributed by atoms with Gasteiger partial charge in [0.2, 0.25) is 5.91 Å². The first-order valence-electron chi connectivity index (χ1n) is 17.8. The molecule has 9 nitrogen and oxygen atoms in total. The SMILES string of the molecule is COc1ccc(C2CCC(CN(C(=O)C3CCC(=COC(=O)N4CC(O)C4)CC3)c3cccc(-c4cnn(C5CC5)c4)c3)CC2)cc1C. The number of β-amino-alcohol motifs (C(OH)–C–C–N with tert-alkyl or cyclic N) is 1. The predicted molar refractivity (Wildman–Crippen MR) is 185 cm³/mol. The number of carbonyl (C=O) groups is 2. The van der Waals surface area contributed by atoms with Crippen LogP contribution in [0.2, 0.25) is 0 Å². The Morgan fingerprint density at radius 2 is 1.75 bits per heavy atom.